The van der Waals surface area contributed by atoms with Crippen molar-refractivity contribution in [2.24, 2.45) is 0 Å². The van der Waals surface area contributed by atoms with Crippen LogP contribution in [0.1, 0.15) is 37.7 Å². The van der Waals surface area contributed by atoms with Crippen LogP contribution in [0.15, 0.2) is 47.0 Å². The minimum atomic E-state index is -0.618. The summed E-state index contributed by atoms with van der Waals surface area (Å²) in [5.74, 6) is 1.14. The first-order valence-electron chi connectivity index (χ1n) is 9.50. The molecule has 1 heterocycles. The van der Waals surface area contributed by atoms with Crippen LogP contribution in [0.25, 0.3) is 0 Å². The number of ketones is 1. The number of hydrogen-bond donors (Lipinski definition) is 0. The van der Waals surface area contributed by atoms with Gasteiger partial charge in [-0.1, -0.05) is 5.16 Å². The third-order valence-corrected chi connectivity index (χ3v) is 4.70. The van der Waals surface area contributed by atoms with Crippen LogP contribution in [-0.4, -0.2) is 37.7 Å². The quantitative estimate of drug-likeness (QED) is 0.376. The number of aryl methyl sites for hydroxylation is 2. The van der Waals surface area contributed by atoms with Crippen molar-refractivity contribution in [1.29, 1.82) is 0 Å². The molecule has 0 amide bonds. The van der Waals surface area contributed by atoms with Crippen LogP contribution >= 0.6 is 0 Å². The fourth-order valence-electron chi connectivity index (χ4n) is 2.87. The van der Waals surface area contributed by atoms with Gasteiger partial charge in [0, 0.05) is 0 Å². The first-order chi connectivity index (χ1) is 14.9. The van der Waals surface area contributed by atoms with Crippen LogP contribution in [0.2, 0.25) is 0 Å². The molecule has 8 heteroatoms. The molecule has 2 aromatic carbocycles. The molecule has 8 nitrogen and oxygen atoms in total. The van der Waals surface area contributed by atoms with E-state index < -0.39 is 18.4 Å². The van der Waals surface area contributed by atoms with Crippen molar-refractivity contribution in [2.45, 2.75) is 20.5 Å². The topological polar surface area (TPSA) is 97.1 Å². The highest BCUT2D eigenvalue weighted by molar-refractivity contribution is 6.01. The highest BCUT2D eigenvalue weighted by Gasteiger charge is 2.17. The van der Waals surface area contributed by atoms with E-state index in [0.29, 0.717) is 35.2 Å². The first-order valence-corrected chi connectivity index (χ1v) is 9.50. The van der Waals surface area contributed by atoms with Gasteiger partial charge in [-0.25, -0.2) is 4.79 Å². The molecule has 0 unspecified atom stereocenters. The number of methoxy groups -OCH3 is 2. The fourth-order valence-corrected chi connectivity index (χ4v) is 2.87. The van der Waals surface area contributed by atoms with Crippen molar-refractivity contribution in [3.8, 4) is 17.2 Å². The third kappa shape index (κ3) is 5.22. The van der Waals surface area contributed by atoms with Gasteiger partial charge in [-0.2, -0.15) is 0 Å². The molecule has 3 aromatic rings. The van der Waals surface area contributed by atoms with Gasteiger partial charge in [0.05, 0.1) is 36.6 Å². The SMILES string of the molecule is COc1ccc(OC)c(C(=O)COC(=O)c2ccc(OCc3c(C)noc3C)cc2)c1. The molecule has 0 aliphatic rings. The van der Waals surface area contributed by atoms with E-state index in [1.54, 1.807) is 42.5 Å². The van der Waals surface area contributed by atoms with Crippen molar-refractivity contribution in [1.82, 2.24) is 5.16 Å². The molecule has 0 bridgehead atoms. The molecule has 162 valence electrons. The van der Waals surface area contributed by atoms with Crippen LogP contribution in [0.3, 0.4) is 0 Å². The van der Waals surface area contributed by atoms with E-state index >= 15 is 0 Å². The van der Waals surface area contributed by atoms with Crippen LogP contribution in [0.5, 0.6) is 17.2 Å². The Labute approximate surface area is 179 Å². The highest BCUT2D eigenvalue weighted by Crippen LogP contribution is 2.24. The summed E-state index contributed by atoms with van der Waals surface area (Å²) in [5, 5.41) is 3.88. The molecule has 1 aromatic heterocycles. The monoisotopic (exact) mass is 425 g/mol. The molecule has 0 radical (unpaired) electrons. The number of rotatable bonds is 9. The molecular weight excluding hydrogens is 402 g/mol. The first kappa shape index (κ1) is 21.9. The summed E-state index contributed by atoms with van der Waals surface area (Å²) >= 11 is 0. The van der Waals surface area contributed by atoms with Crippen LogP contribution in [0.4, 0.5) is 0 Å². The van der Waals surface area contributed by atoms with Gasteiger partial charge in [0.1, 0.15) is 29.6 Å². The minimum absolute atomic E-state index is 0.276. The van der Waals surface area contributed by atoms with E-state index in [4.69, 9.17) is 23.5 Å². The van der Waals surface area contributed by atoms with E-state index in [9.17, 15) is 9.59 Å². The van der Waals surface area contributed by atoms with Gasteiger partial charge < -0.3 is 23.5 Å². The van der Waals surface area contributed by atoms with Crippen LogP contribution < -0.4 is 14.2 Å². The summed E-state index contributed by atoms with van der Waals surface area (Å²) in [5.41, 5.74) is 2.23. The zero-order chi connectivity index (χ0) is 22.4. The molecule has 0 atom stereocenters. The lowest BCUT2D eigenvalue weighted by molar-refractivity contribution is 0.0474. The van der Waals surface area contributed by atoms with Crippen molar-refractivity contribution >= 4 is 11.8 Å². The largest absolute Gasteiger partial charge is 0.497 e. The van der Waals surface area contributed by atoms with Gasteiger partial charge in [-0.3, -0.25) is 4.79 Å². The summed E-state index contributed by atoms with van der Waals surface area (Å²) in [6.07, 6.45) is 0. The Morgan fingerprint density at radius 1 is 0.968 bits per heavy atom. The number of carbonyl (C=O) groups excluding carboxylic acids is 2. The maximum Gasteiger partial charge on any atom is 0.338 e. The lowest BCUT2D eigenvalue weighted by atomic mass is 10.1. The van der Waals surface area contributed by atoms with Crippen molar-refractivity contribution in [3.05, 3.63) is 70.6 Å². The zero-order valence-corrected chi connectivity index (χ0v) is 17.8. The van der Waals surface area contributed by atoms with Gasteiger partial charge in [-0.15, -0.1) is 0 Å². The molecule has 3 rings (SSSR count). The summed E-state index contributed by atoms with van der Waals surface area (Å²) in [6.45, 7) is 3.55. The second kappa shape index (κ2) is 9.80. The van der Waals surface area contributed by atoms with Crippen LogP contribution in [-0.2, 0) is 11.3 Å². The Morgan fingerprint density at radius 2 is 1.68 bits per heavy atom. The summed E-state index contributed by atoms with van der Waals surface area (Å²) < 4.78 is 26.3. The van der Waals surface area contributed by atoms with Gasteiger partial charge >= 0.3 is 5.97 Å². The number of aromatic nitrogens is 1. The molecule has 0 N–H and O–H groups in total. The highest BCUT2D eigenvalue weighted by atomic mass is 16.5. The average Bonchev–Trinajstić information content (AvgIpc) is 3.12. The normalized spacial score (nSPS) is 10.5. The second-order valence-corrected chi connectivity index (χ2v) is 6.68. The number of benzene rings is 2. The van der Waals surface area contributed by atoms with Crippen molar-refractivity contribution < 1.29 is 33.1 Å². The zero-order valence-electron chi connectivity index (χ0n) is 17.8. The predicted octanol–water partition coefficient (Wildman–Crippen LogP) is 3.93. The Hall–Kier alpha value is -3.81. The lowest BCUT2D eigenvalue weighted by Gasteiger charge is -2.10. The average molecular weight is 425 g/mol. The Bertz CT molecular complexity index is 1050. The van der Waals surface area contributed by atoms with E-state index in [-0.39, 0.29) is 5.56 Å². The van der Waals surface area contributed by atoms with Gasteiger partial charge in [0.15, 0.2) is 6.61 Å². The van der Waals surface area contributed by atoms with Gasteiger partial charge in [0.2, 0.25) is 5.78 Å². The van der Waals surface area contributed by atoms with Gasteiger partial charge in [-0.05, 0) is 56.3 Å². The number of carbonyl (C=O) groups is 2. The molecular formula is C23H23NO7. The number of esters is 1. The van der Waals surface area contributed by atoms with Crippen LogP contribution in [0, 0.1) is 13.8 Å². The van der Waals surface area contributed by atoms with Crippen molar-refractivity contribution in [2.75, 3.05) is 20.8 Å². The summed E-state index contributed by atoms with van der Waals surface area (Å²) in [6, 6.07) is 11.3. The Balaban J connectivity index is 1.58. The van der Waals surface area contributed by atoms with Gasteiger partial charge in [0.25, 0.3) is 0 Å². The Morgan fingerprint density at radius 3 is 2.29 bits per heavy atom. The number of Topliss-reactive ketones (excluding diaryl/α,β-unsaturated/α-hetero) is 1. The summed E-state index contributed by atoms with van der Waals surface area (Å²) in [4.78, 5) is 24.8. The second-order valence-electron chi connectivity index (χ2n) is 6.68. The molecule has 0 aliphatic carbocycles. The smallest absolute Gasteiger partial charge is 0.338 e. The van der Waals surface area contributed by atoms with Crippen molar-refractivity contribution in [3.63, 3.8) is 0 Å². The molecule has 31 heavy (non-hydrogen) atoms. The molecule has 0 saturated carbocycles. The predicted molar refractivity (Wildman–Crippen MR) is 111 cm³/mol. The van der Waals surface area contributed by atoms with E-state index in [1.165, 1.54) is 14.2 Å². The van der Waals surface area contributed by atoms with E-state index in [1.807, 2.05) is 13.8 Å². The fraction of sp³-hybridized carbons (Fsp3) is 0.261. The number of nitrogens with zero attached hydrogens (tertiary/aromatic N) is 1. The number of ether oxygens (including phenoxy) is 4. The molecule has 0 aliphatic heterocycles. The standard InChI is InChI=1S/C23H23NO7/c1-14-20(15(2)31-24-14)12-29-17-7-5-16(6-8-17)23(26)30-13-21(25)19-11-18(27-3)9-10-22(19)28-4/h5-11H,12-13H2,1-4H3. The maximum absolute atomic E-state index is 12.5. The minimum Gasteiger partial charge on any atom is -0.497 e. The lowest BCUT2D eigenvalue weighted by Crippen LogP contribution is -2.15. The van der Waals surface area contributed by atoms with E-state index in [0.717, 1.165) is 11.3 Å². The molecule has 0 spiro atoms. The maximum atomic E-state index is 12.5. The Kier molecular flexibility index (Phi) is 6.92. The third-order valence-electron chi connectivity index (χ3n) is 4.70. The number of hydrogen-bond acceptors (Lipinski definition) is 8. The molecule has 0 saturated heterocycles. The molecule has 0 fully saturated rings. The van der Waals surface area contributed by atoms with E-state index in [2.05, 4.69) is 5.16 Å². The summed E-state index contributed by atoms with van der Waals surface area (Å²) in [7, 11) is 2.96.